The first kappa shape index (κ1) is 14.0. The largest absolute Gasteiger partial charge is 0.478 e. The smallest absolute Gasteiger partial charge is 0.335 e. The Morgan fingerprint density at radius 1 is 1.40 bits per heavy atom. The van der Waals surface area contributed by atoms with Gasteiger partial charge in [-0.05, 0) is 24.6 Å². The number of carboxylic acid groups (broad SMARTS) is 1. The zero-order chi connectivity index (χ0) is 14.9. The van der Waals surface area contributed by atoms with Crippen LogP contribution >= 0.6 is 0 Å². The van der Waals surface area contributed by atoms with E-state index >= 15 is 0 Å². The minimum Gasteiger partial charge on any atom is -0.478 e. The maximum atomic E-state index is 12.0. The number of carboxylic acids is 1. The van der Waals surface area contributed by atoms with Gasteiger partial charge >= 0.3 is 5.97 Å². The van der Waals surface area contributed by atoms with E-state index in [1.165, 1.54) is 21.9 Å². The van der Waals surface area contributed by atoms with Gasteiger partial charge in [-0.15, -0.1) is 0 Å². The van der Waals surface area contributed by atoms with Gasteiger partial charge in [0.05, 0.1) is 12.0 Å². The van der Waals surface area contributed by atoms with Crippen molar-refractivity contribution < 1.29 is 19.5 Å². The number of hydrogen-bond acceptors (Lipinski definition) is 3. The summed E-state index contributed by atoms with van der Waals surface area (Å²) < 4.78 is 0. The molecule has 1 aliphatic heterocycles. The van der Waals surface area contributed by atoms with Gasteiger partial charge < -0.3 is 14.9 Å². The number of anilines is 1. The van der Waals surface area contributed by atoms with Gasteiger partial charge in [-0.3, -0.25) is 9.59 Å². The summed E-state index contributed by atoms with van der Waals surface area (Å²) >= 11 is 0. The lowest BCUT2D eigenvalue weighted by atomic mass is 10.1. The maximum Gasteiger partial charge on any atom is 0.335 e. The molecule has 0 spiro atoms. The number of aromatic carboxylic acids is 1. The molecule has 2 rings (SSSR count). The van der Waals surface area contributed by atoms with Crippen LogP contribution in [0.5, 0.6) is 0 Å². The summed E-state index contributed by atoms with van der Waals surface area (Å²) in [6.45, 7) is 2.35. The Bertz CT molecular complexity index is 583. The van der Waals surface area contributed by atoms with E-state index in [-0.39, 0.29) is 30.3 Å². The van der Waals surface area contributed by atoms with Crippen molar-refractivity contribution in [2.24, 2.45) is 0 Å². The average molecular weight is 276 g/mol. The van der Waals surface area contributed by atoms with E-state index in [1.54, 1.807) is 13.1 Å². The second kappa shape index (κ2) is 5.32. The van der Waals surface area contributed by atoms with Crippen LogP contribution in [0.3, 0.4) is 0 Å². The van der Waals surface area contributed by atoms with Crippen LogP contribution in [-0.2, 0) is 16.0 Å². The van der Waals surface area contributed by atoms with Gasteiger partial charge in [-0.1, -0.05) is 6.07 Å². The van der Waals surface area contributed by atoms with Crippen LogP contribution in [0.25, 0.3) is 0 Å². The summed E-state index contributed by atoms with van der Waals surface area (Å²) in [5, 5.41) is 9.00. The zero-order valence-electron chi connectivity index (χ0n) is 11.4. The van der Waals surface area contributed by atoms with Gasteiger partial charge in [-0.25, -0.2) is 4.79 Å². The number of nitrogens with zero attached hydrogens (tertiary/aromatic N) is 2. The topological polar surface area (TPSA) is 77.9 Å². The Morgan fingerprint density at radius 3 is 2.70 bits per heavy atom. The van der Waals surface area contributed by atoms with Crippen LogP contribution in [0.1, 0.15) is 22.8 Å². The minimum absolute atomic E-state index is 0.0563. The molecule has 1 heterocycles. The molecule has 0 aliphatic carbocycles. The molecule has 1 aliphatic rings. The molecule has 0 bridgehead atoms. The summed E-state index contributed by atoms with van der Waals surface area (Å²) in [6.07, 6.45) is 0.207. The normalized spacial score (nSPS) is 13.3. The van der Waals surface area contributed by atoms with Gasteiger partial charge in [0.1, 0.15) is 6.54 Å². The molecule has 0 saturated carbocycles. The molecule has 20 heavy (non-hydrogen) atoms. The first-order chi connectivity index (χ1) is 9.43. The van der Waals surface area contributed by atoms with Gasteiger partial charge in [0.25, 0.3) is 0 Å². The summed E-state index contributed by atoms with van der Waals surface area (Å²) in [7, 11) is 1.66. The molecule has 0 aromatic heterocycles. The van der Waals surface area contributed by atoms with E-state index in [0.29, 0.717) is 12.2 Å². The molecule has 1 aromatic carbocycles. The molecule has 6 nitrogen and oxygen atoms in total. The Morgan fingerprint density at radius 2 is 2.10 bits per heavy atom. The third-order valence-electron chi connectivity index (χ3n) is 3.46. The Labute approximate surface area is 116 Å². The van der Waals surface area contributed by atoms with Crippen molar-refractivity contribution in [1.29, 1.82) is 0 Å². The maximum absolute atomic E-state index is 12.0. The lowest BCUT2D eigenvalue weighted by Gasteiger charge is -2.21. The molecule has 0 saturated heterocycles. The number of amides is 2. The second-order valence-corrected chi connectivity index (χ2v) is 4.71. The van der Waals surface area contributed by atoms with Crippen molar-refractivity contribution in [2.45, 2.75) is 13.3 Å². The van der Waals surface area contributed by atoms with Crippen LogP contribution in [0.4, 0.5) is 5.69 Å². The summed E-state index contributed by atoms with van der Waals surface area (Å²) in [5.74, 6) is -1.40. The lowest BCUT2D eigenvalue weighted by Crippen LogP contribution is -2.39. The van der Waals surface area contributed by atoms with E-state index in [4.69, 9.17) is 5.11 Å². The van der Waals surface area contributed by atoms with Gasteiger partial charge in [0, 0.05) is 19.3 Å². The Kier molecular flexibility index (Phi) is 3.74. The van der Waals surface area contributed by atoms with Gasteiger partial charge in [0.15, 0.2) is 0 Å². The van der Waals surface area contributed by atoms with Crippen molar-refractivity contribution in [2.75, 3.05) is 25.0 Å². The Balaban J connectivity index is 2.29. The summed E-state index contributed by atoms with van der Waals surface area (Å²) in [4.78, 5) is 37.8. The Hall–Kier alpha value is -2.37. The molecular weight excluding hydrogens is 260 g/mol. The molecular formula is C14H16N2O4. The van der Waals surface area contributed by atoms with Crippen LogP contribution < -0.4 is 4.90 Å². The molecule has 0 fully saturated rings. The van der Waals surface area contributed by atoms with Crippen molar-refractivity contribution in [3.63, 3.8) is 0 Å². The molecule has 2 amide bonds. The highest BCUT2D eigenvalue weighted by atomic mass is 16.4. The third-order valence-corrected chi connectivity index (χ3v) is 3.46. The van der Waals surface area contributed by atoms with Crippen LogP contribution in [0, 0.1) is 0 Å². The number of carbonyl (C=O) groups excluding carboxylic acids is 2. The number of hydrogen-bond donors (Lipinski definition) is 1. The fraction of sp³-hybridized carbons (Fsp3) is 0.357. The first-order valence-electron chi connectivity index (χ1n) is 6.34. The molecule has 1 aromatic rings. The van der Waals surface area contributed by atoms with Crippen LogP contribution in [-0.4, -0.2) is 47.9 Å². The van der Waals surface area contributed by atoms with Crippen molar-refractivity contribution in [3.8, 4) is 0 Å². The summed E-state index contributed by atoms with van der Waals surface area (Å²) in [6, 6.07) is 4.55. The monoisotopic (exact) mass is 276 g/mol. The van der Waals surface area contributed by atoms with Crippen LogP contribution in [0.15, 0.2) is 18.2 Å². The van der Waals surface area contributed by atoms with E-state index in [2.05, 4.69) is 0 Å². The van der Waals surface area contributed by atoms with Crippen LogP contribution in [0.2, 0.25) is 0 Å². The fourth-order valence-electron chi connectivity index (χ4n) is 2.10. The molecule has 0 atom stereocenters. The third kappa shape index (κ3) is 2.49. The second-order valence-electron chi connectivity index (χ2n) is 4.71. The summed E-state index contributed by atoms with van der Waals surface area (Å²) in [5.41, 5.74) is 1.39. The number of rotatable bonds is 4. The van der Waals surface area contributed by atoms with E-state index < -0.39 is 5.97 Å². The van der Waals surface area contributed by atoms with Crippen molar-refractivity contribution in [1.82, 2.24) is 4.90 Å². The highest BCUT2D eigenvalue weighted by Crippen LogP contribution is 2.29. The number of fused-ring (bicyclic) bond motifs is 1. The first-order valence-corrected chi connectivity index (χ1v) is 6.34. The van der Waals surface area contributed by atoms with Gasteiger partial charge in [0.2, 0.25) is 11.8 Å². The number of carbonyl (C=O) groups is 3. The van der Waals surface area contributed by atoms with E-state index in [9.17, 15) is 14.4 Å². The zero-order valence-corrected chi connectivity index (χ0v) is 11.4. The quantitative estimate of drug-likeness (QED) is 0.880. The lowest BCUT2D eigenvalue weighted by molar-refractivity contribution is -0.129. The van der Waals surface area contributed by atoms with E-state index in [1.807, 2.05) is 6.92 Å². The van der Waals surface area contributed by atoms with E-state index in [0.717, 1.165) is 5.56 Å². The molecule has 106 valence electrons. The highest BCUT2D eigenvalue weighted by molar-refractivity contribution is 6.06. The van der Waals surface area contributed by atoms with Crippen molar-refractivity contribution in [3.05, 3.63) is 29.3 Å². The van der Waals surface area contributed by atoms with Gasteiger partial charge in [-0.2, -0.15) is 0 Å². The molecule has 6 heteroatoms. The SMILES string of the molecule is CCN(C)C(=O)CN1C(=O)Cc2ccc(C(=O)O)cc21. The molecule has 0 radical (unpaired) electrons. The number of benzene rings is 1. The minimum atomic E-state index is -1.05. The van der Waals surface area contributed by atoms with Crippen molar-refractivity contribution >= 4 is 23.5 Å². The average Bonchev–Trinajstić information content (AvgIpc) is 2.73. The molecule has 0 unspecified atom stereocenters. The highest BCUT2D eigenvalue weighted by Gasteiger charge is 2.30. The standard InChI is InChI=1S/C14H16N2O4/c1-3-15(2)13(18)8-16-11-6-10(14(19)20)5-4-9(11)7-12(16)17/h4-6H,3,7-8H2,1-2H3,(H,19,20). The fourth-order valence-corrected chi connectivity index (χ4v) is 2.10. The predicted octanol–water partition coefficient (Wildman–Crippen LogP) is 0.752. The molecule has 1 N–H and O–H groups in total. The number of likely N-dealkylation sites (N-methyl/N-ethyl adjacent to an activating group) is 1. The predicted molar refractivity (Wildman–Crippen MR) is 72.8 cm³/mol.